The Labute approximate surface area is 147 Å². The van der Waals surface area contributed by atoms with E-state index in [0.29, 0.717) is 13.1 Å². The topological polar surface area (TPSA) is 73.4 Å². The van der Waals surface area contributed by atoms with E-state index in [0.717, 1.165) is 22.6 Å². The van der Waals surface area contributed by atoms with Crippen LogP contribution < -0.4 is 10.5 Å². The third-order valence-corrected chi connectivity index (χ3v) is 4.65. The number of amides is 1. The van der Waals surface area contributed by atoms with E-state index in [2.05, 4.69) is 4.98 Å². The summed E-state index contributed by atoms with van der Waals surface area (Å²) in [6.07, 6.45) is 5.40. The molecule has 6 nitrogen and oxygen atoms in total. The predicted molar refractivity (Wildman–Crippen MR) is 97.1 cm³/mol. The van der Waals surface area contributed by atoms with Crippen molar-refractivity contribution in [1.82, 2.24) is 14.5 Å². The van der Waals surface area contributed by atoms with Crippen molar-refractivity contribution in [2.24, 2.45) is 12.8 Å². The Kier molecular flexibility index (Phi) is 4.90. The predicted octanol–water partition coefficient (Wildman–Crippen LogP) is 1.79. The molecule has 0 aliphatic carbocycles. The van der Waals surface area contributed by atoms with Gasteiger partial charge in [0.2, 0.25) is 5.91 Å². The Morgan fingerprint density at radius 1 is 1.40 bits per heavy atom. The van der Waals surface area contributed by atoms with E-state index < -0.39 is 0 Å². The molecule has 2 atom stereocenters. The molecule has 1 aliphatic heterocycles. The van der Waals surface area contributed by atoms with Gasteiger partial charge >= 0.3 is 0 Å². The van der Waals surface area contributed by atoms with Crippen molar-refractivity contribution in [3.8, 4) is 5.75 Å². The molecule has 1 fully saturated rings. The first-order valence-electron chi connectivity index (χ1n) is 8.33. The molecule has 0 radical (unpaired) electrons. The maximum Gasteiger partial charge on any atom is 0.246 e. The summed E-state index contributed by atoms with van der Waals surface area (Å²) in [5, 5.41) is 0. The smallest absolute Gasteiger partial charge is 0.246 e. The van der Waals surface area contributed by atoms with Gasteiger partial charge in [0.1, 0.15) is 5.75 Å². The lowest BCUT2D eigenvalue weighted by molar-refractivity contribution is -0.125. The molecular weight excluding hydrogens is 316 g/mol. The fourth-order valence-electron chi connectivity index (χ4n) is 3.17. The van der Waals surface area contributed by atoms with Crippen LogP contribution in [0.3, 0.4) is 0 Å². The minimum absolute atomic E-state index is 0.0193. The van der Waals surface area contributed by atoms with Gasteiger partial charge in [-0.3, -0.25) is 4.79 Å². The van der Waals surface area contributed by atoms with Gasteiger partial charge in [0.15, 0.2) is 0 Å². The summed E-state index contributed by atoms with van der Waals surface area (Å²) in [4.78, 5) is 18.8. The number of benzene rings is 1. The number of allylic oxidation sites excluding steroid dienone is 1. The number of aryl methyl sites for hydroxylation is 1. The van der Waals surface area contributed by atoms with E-state index in [1.54, 1.807) is 24.4 Å². The molecule has 132 valence electrons. The minimum atomic E-state index is -0.0932. The number of ether oxygens (including phenoxy) is 1. The monoisotopic (exact) mass is 340 g/mol. The number of hydrogen-bond acceptors (Lipinski definition) is 4. The molecule has 1 aliphatic rings. The summed E-state index contributed by atoms with van der Waals surface area (Å²) >= 11 is 0. The maximum absolute atomic E-state index is 12.6. The normalized spacial score (nSPS) is 20.8. The average Bonchev–Trinajstić information content (AvgIpc) is 3.20. The molecule has 0 bridgehead atoms. The summed E-state index contributed by atoms with van der Waals surface area (Å²) in [7, 11) is 3.56. The van der Waals surface area contributed by atoms with Gasteiger partial charge < -0.3 is 19.9 Å². The highest BCUT2D eigenvalue weighted by Gasteiger charge is 2.34. The summed E-state index contributed by atoms with van der Waals surface area (Å²) in [5.41, 5.74) is 9.06. The standard InChI is InChI=1S/C19H24N4O2/c1-13(14-5-4-6-15(8-14)25-3)7-19(24)23-9-16(17(20)10-23)18-11-22(2)12-21-18/h4-8,11-12,16-17H,9-10,20H2,1-3H3/b13-7+/t16-,17-/m1/s1. The van der Waals surface area contributed by atoms with Crippen LogP contribution in [-0.4, -0.2) is 46.6 Å². The number of carbonyl (C=O) groups is 1. The molecule has 1 aromatic carbocycles. The second kappa shape index (κ2) is 7.11. The first-order chi connectivity index (χ1) is 12.0. The lowest BCUT2D eigenvalue weighted by Gasteiger charge is -2.14. The van der Waals surface area contributed by atoms with Gasteiger partial charge in [-0.15, -0.1) is 0 Å². The van der Waals surface area contributed by atoms with E-state index in [1.807, 2.05) is 49.0 Å². The number of rotatable bonds is 4. The molecule has 3 rings (SSSR count). The van der Waals surface area contributed by atoms with E-state index in [4.69, 9.17) is 10.5 Å². The van der Waals surface area contributed by atoms with E-state index >= 15 is 0 Å². The van der Waals surface area contributed by atoms with Gasteiger partial charge in [-0.25, -0.2) is 4.98 Å². The Balaban J connectivity index is 1.72. The zero-order valence-electron chi connectivity index (χ0n) is 14.8. The number of hydrogen-bond donors (Lipinski definition) is 1. The van der Waals surface area contributed by atoms with Crippen LogP contribution in [0.2, 0.25) is 0 Å². The molecule has 1 saturated heterocycles. The number of imidazole rings is 1. The average molecular weight is 340 g/mol. The lowest BCUT2D eigenvalue weighted by Crippen LogP contribution is -2.31. The van der Waals surface area contributed by atoms with Gasteiger partial charge in [-0.1, -0.05) is 12.1 Å². The van der Waals surface area contributed by atoms with Crippen molar-refractivity contribution in [1.29, 1.82) is 0 Å². The molecule has 6 heteroatoms. The number of nitrogens with zero attached hydrogens (tertiary/aromatic N) is 3. The largest absolute Gasteiger partial charge is 0.497 e. The van der Waals surface area contributed by atoms with Crippen LogP contribution >= 0.6 is 0 Å². The summed E-state index contributed by atoms with van der Waals surface area (Å²) in [6, 6.07) is 7.60. The first-order valence-corrected chi connectivity index (χ1v) is 8.33. The van der Waals surface area contributed by atoms with Gasteiger partial charge in [-0.05, 0) is 30.2 Å². The van der Waals surface area contributed by atoms with Crippen molar-refractivity contribution in [3.63, 3.8) is 0 Å². The molecule has 25 heavy (non-hydrogen) atoms. The van der Waals surface area contributed by atoms with Crippen LogP contribution in [0, 0.1) is 0 Å². The number of nitrogens with two attached hydrogens (primary N) is 1. The molecular formula is C19H24N4O2. The third kappa shape index (κ3) is 3.74. The van der Waals surface area contributed by atoms with E-state index in [1.165, 1.54) is 0 Å². The number of carbonyl (C=O) groups excluding carboxylic acids is 1. The number of methoxy groups -OCH3 is 1. The minimum Gasteiger partial charge on any atom is -0.497 e. The number of aromatic nitrogens is 2. The van der Waals surface area contributed by atoms with Crippen LogP contribution in [0.1, 0.15) is 24.1 Å². The number of likely N-dealkylation sites (tertiary alicyclic amines) is 1. The van der Waals surface area contributed by atoms with Crippen LogP contribution in [0.25, 0.3) is 5.57 Å². The zero-order valence-corrected chi connectivity index (χ0v) is 14.8. The van der Waals surface area contributed by atoms with Crippen LogP contribution in [0.5, 0.6) is 5.75 Å². The summed E-state index contributed by atoms with van der Waals surface area (Å²) < 4.78 is 7.14. The first kappa shape index (κ1) is 17.2. The van der Waals surface area contributed by atoms with E-state index in [-0.39, 0.29) is 17.9 Å². The van der Waals surface area contributed by atoms with Crippen molar-refractivity contribution < 1.29 is 9.53 Å². The van der Waals surface area contributed by atoms with Crippen molar-refractivity contribution in [2.45, 2.75) is 18.9 Å². The van der Waals surface area contributed by atoms with E-state index in [9.17, 15) is 4.79 Å². The quantitative estimate of drug-likeness (QED) is 0.861. The summed E-state index contributed by atoms with van der Waals surface area (Å²) in [5.74, 6) is 0.834. The molecule has 2 aromatic rings. The molecule has 0 saturated carbocycles. The SMILES string of the molecule is COc1cccc(/C(C)=C/C(=O)N2C[C@@H](N)[C@H](c3cn(C)cn3)C2)c1. The fraction of sp³-hybridized carbons (Fsp3) is 0.368. The summed E-state index contributed by atoms with van der Waals surface area (Å²) in [6.45, 7) is 3.07. The van der Waals surface area contributed by atoms with Crippen molar-refractivity contribution >= 4 is 11.5 Å². The van der Waals surface area contributed by atoms with Gasteiger partial charge in [0.25, 0.3) is 0 Å². The van der Waals surface area contributed by atoms with Gasteiger partial charge in [-0.2, -0.15) is 0 Å². The van der Waals surface area contributed by atoms with Crippen LogP contribution in [0.4, 0.5) is 0 Å². The Bertz CT molecular complexity index is 796. The maximum atomic E-state index is 12.6. The molecule has 2 N–H and O–H groups in total. The highest BCUT2D eigenvalue weighted by atomic mass is 16.5. The molecule has 1 amide bonds. The lowest BCUT2D eigenvalue weighted by atomic mass is 10.0. The van der Waals surface area contributed by atoms with Crippen molar-refractivity contribution in [3.05, 3.63) is 54.1 Å². The third-order valence-electron chi connectivity index (χ3n) is 4.65. The van der Waals surface area contributed by atoms with Crippen molar-refractivity contribution in [2.75, 3.05) is 20.2 Å². The molecule has 0 unspecified atom stereocenters. The van der Waals surface area contributed by atoms with Gasteiger partial charge in [0, 0.05) is 44.4 Å². The molecule has 0 spiro atoms. The Hall–Kier alpha value is -2.60. The Morgan fingerprint density at radius 2 is 2.20 bits per heavy atom. The molecule has 2 heterocycles. The highest BCUT2D eigenvalue weighted by Crippen LogP contribution is 2.26. The second-order valence-electron chi connectivity index (χ2n) is 6.54. The van der Waals surface area contributed by atoms with Crippen LogP contribution in [0.15, 0.2) is 42.9 Å². The second-order valence-corrected chi connectivity index (χ2v) is 6.54. The van der Waals surface area contributed by atoms with Crippen LogP contribution in [-0.2, 0) is 11.8 Å². The zero-order chi connectivity index (χ0) is 18.0. The Morgan fingerprint density at radius 3 is 2.88 bits per heavy atom. The highest BCUT2D eigenvalue weighted by molar-refractivity contribution is 5.95. The van der Waals surface area contributed by atoms with Gasteiger partial charge in [0.05, 0.1) is 19.1 Å². The molecule has 1 aromatic heterocycles. The fourth-order valence-corrected chi connectivity index (χ4v) is 3.17.